The maximum Gasteiger partial charge on any atom is 0.251 e. The van der Waals surface area contributed by atoms with Gasteiger partial charge in [-0.1, -0.05) is 0 Å². The van der Waals surface area contributed by atoms with Crippen molar-refractivity contribution in [1.82, 2.24) is 5.32 Å². The lowest BCUT2D eigenvalue weighted by Gasteiger charge is -2.17. The van der Waals surface area contributed by atoms with E-state index in [1.807, 2.05) is 12.1 Å². The van der Waals surface area contributed by atoms with Crippen molar-refractivity contribution in [2.24, 2.45) is 5.92 Å². The first-order valence-electron chi connectivity index (χ1n) is 6.01. The monoisotopic (exact) mass is 262 g/mol. The smallest absolute Gasteiger partial charge is 0.251 e. The summed E-state index contributed by atoms with van der Waals surface area (Å²) in [5.74, 6) is 1.17. The number of anilines is 1. The Hall–Kier alpha value is -1.49. The summed E-state index contributed by atoms with van der Waals surface area (Å²) in [7, 11) is 0. The van der Waals surface area contributed by atoms with Gasteiger partial charge in [-0.15, -0.1) is 0 Å². The Morgan fingerprint density at radius 2 is 2.22 bits per heavy atom. The van der Waals surface area contributed by atoms with E-state index in [4.69, 9.17) is 0 Å². The third kappa shape index (κ3) is 1.79. The molecule has 1 fully saturated rings. The van der Waals surface area contributed by atoms with Gasteiger partial charge in [0.2, 0.25) is 5.91 Å². The number of carbonyl (C=O) groups excluding carboxylic acids is 2. The van der Waals surface area contributed by atoms with Crippen LogP contribution in [0.15, 0.2) is 18.2 Å². The zero-order valence-electron chi connectivity index (χ0n) is 9.85. The first kappa shape index (κ1) is 11.6. The number of carbonyl (C=O) groups is 2. The van der Waals surface area contributed by atoms with Gasteiger partial charge in [-0.05, 0) is 35.4 Å². The molecule has 1 saturated heterocycles. The van der Waals surface area contributed by atoms with E-state index in [1.165, 1.54) is 0 Å². The zero-order valence-corrected chi connectivity index (χ0v) is 10.7. The van der Waals surface area contributed by atoms with Crippen LogP contribution in [0.25, 0.3) is 0 Å². The Bertz CT molecular complexity index is 530. The molecule has 3 rings (SSSR count). The molecular weight excluding hydrogens is 248 g/mol. The van der Waals surface area contributed by atoms with Crippen molar-refractivity contribution >= 4 is 30.1 Å². The SMILES string of the molecule is O=C1NCc2cc(N3CC(CS)CC3=O)ccc21. The van der Waals surface area contributed by atoms with E-state index >= 15 is 0 Å². The maximum absolute atomic E-state index is 11.9. The Kier molecular flexibility index (Phi) is 2.78. The van der Waals surface area contributed by atoms with Crippen LogP contribution in [0.2, 0.25) is 0 Å². The van der Waals surface area contributed by atoms with Gasteiger partial charge >= 0.3 is 0 Å². The van der Waals surface area contributed by atoms with Gasteiger partial charge in [0.15, 0.2) is 0 Å². The number of hydrogen-bond donors (Lipinski definition) is 2. The highest BCUT2D eigenvalue weighted by Gasteiger charge is 2.30. The lowest BCUT2D eigenvalue weighted by molar-refractivity contribution is -0.117. The van der Waals surface area contributed by atoms with Crippen LogP contribution in [-0.2, 0) is 11.3 Å². The molecule has 0 spiro atoms. The van der Waals surface area contributed by atoms with Crippen LogP contribution in [0.1, 0.15) is 22.3 Å². The Labute approximate surface area is 111 Å². The minimum Gasteiger partial charge on any atom is -0.348 e. The van der Waals surface area contributed by atoms with Crippen LogP contribution in [0.4, 0.5) is 5.69 Å². The number of amides is 2. The van der Waals surface area contributed by atoms with Gasteiger partial charge in [-0.25, -0.2) is 0 Å². The van der Waals surface area contributed by atoms with E-state index < -0.39 is 0 Å². The van der Waals surface area contributed by atoms with Crippen LogP contribution in [0.3, 0.4) is 0 Å². The van der Waals surface area contributed by atoms with Crippen molar-refractivity contribution < 1.29 is 9.59 Å². The van der Waals surface area contributed by atoms with Gasteiger partial charge in [0, 0.05) is 30.8 Å². The molecule has 0 saturated carbocycles. The van der Waals surface area contributed by atoms with Crippen LogP contribution in [0, 0.1) is 5.92 Å². The van der Waals surface area contributed by atoms with Gasteiger partial charge in [-0.3, -0.25) is 9.59 Å². The first-order valence-corrected chi connectivity index (χ1v) is 6.64. The molecular formula is C13H14N2O2S. The normalized spacial score (nSPS) is 22.3. The van der Waals surface area contributed by atoms with E-state index in [-0.39, 0.29) is 11.8 Å². The number of rotatable bonds is 2. The largest absolute Gasteiger partial charge is 0.348 e. The lowest BCUT2D eigenvalue weighted by Crippen LogP contribution is -2.24. The fourth-order valence-corrected chi connectivity index (χ4v) is 2.78. The predicted octanol–water partition coefficient (Wildman–Crippen LogP) is 1.21. The summed E-state index contributed by atoms with van der Waals surface area (Å²) in [6.45, 7) is 1.28. The van der Waals surface area contributed by atoms with Crippen molar-refractivity contribution in [3.8, 4) is 0 Å². The van der Waals surface area contributed by atoms with Gasteiger partial charge in [-0.2, -0.15) is 12.6 Å². The minimum atomic E-state index is -0.0301. The van der Waals surface area contributed by atoms with Crippen LogP contribution in [0.5, 0.6) is 0 Å². The van der Waals surface area contributed by atoms with E-state index in [1.54, 1.807) is 11.0 Å². The Morgan fingerprint density at radius 3 is 2.94 bits per heavy atom. The summed E-state index contributed by atoms with van der Waals surface area (Å²) in [6, 6.07) is 5.59. The Balaban J connectivity index is 1.90. The quantitative estimate of drug-likeness (QED) is 0.787. The van der Waals surface area contributed by atoms with Crippen molar-refractivity contribution in [1.29, 1.82) is 0 Å². The van der Waals surface area contributed by atoms with Crippen LogP contribution >= 0.6 is 12.6 Å². The molecule has 2 amide bonds. The molecule has 1 aromatic carbocycles. The summed E-state index contributed by atoms with van der Waals surface area (Å²) in [4.78, 5) is 25.2. The third-order valence-electron chi connectivity index (χ3n) is 3.55. The molecule has 1 N–H and O–H groups in total. The fraction of sp³-hybridized carbons (Fsp3) is 0.385. The molecule has 1 unspecified atom stereocenters. The zero-order chi connectivity index (χ0) is 12.7. The summed E-state index contributed by atoms with van der Waals surface area (Å²) in [5.41, 5.74) is 2.58. The van der Waals surface area contributed by atoms with Crippen molar-refractivity contribution in [2.75, 3.05) is 17.2 Å². The van der Waals surface area contributed by atoms with E-state index in [9.17, 15) is 9.59 Å². The number of nitrogens with zero attached hydrogens (tertiary/aromatic N) is 1. The van der Waals surface area contributed by atoms with E-state index in [0.29, 0.717) is 18.9 Å². The van der Waals surface area contributed by atoms with Crippen molar-refractivity contribution in [3.05, 3.63) is 29.3 Å². The number of hydrogen-bond acceptors (Lipinski definition) is 3. The highest BCUT2D eigenvalue weighted by molar-refractivity contribution is 7.80. The lowest BCUT2D eigenvalue weighted by atomic mass is 10.1. The summed E-state index contributed by atoms with van der Waals surface area (Å²) in [6.07, 6.45) is 0.567. The second-order valence-corrected chi connectivity index (χ2v) is 5.15. The third-order valence-corrected chi connectivity index (χ3v) is 4.06. The number of fused-ring (bicyclic) bond motifs is 1. The molecule has 0 aromatic heterocycles. The van der Waals surface area contributed by atoms with Gasteiger partial charge < -0.3 is 10.2 Å². The standard InChI is InChI=1S/C13H14N2O2S/c16-12-3-8(7-18)6-15(12)10-1-2-11-9(4-10)5-14-13(11)17/h1-2,4,8,18H,3,5-7H2,(H,14,17). The van der Waals surface area contributed by atoms with E-state index in [2.05, 4.69) is 17.9 Å². The highest BCUT2D eigenvalue weighted by Crippen LogP contribution is 2.28. The van der Waals surface area contributed by atoms with Gasteiger partial charge in [0.05, 0.1) is 0 Å². The second kappa shape index (κ2) is 4.31. The molecule has 4 nitrogen and oxygen atoms in total. The summed E-state index contributed by atoms with van der Waals surface area (Å²) < 4.78 is 0. The summed E-state index contributed by atoms with van der Waals surface area (Å²) >= 11 is 4.25. The number of benzene rings is 1. The van der Waals surface area contributed by atoms with Gasteiger partial charge in [0.25, 0.3) is 5.91 Å². The minimum absolute atomic E-state index is 0.0301. The van der Waals surface area contributed by atoms with Gasteiger partial charge in [0.1, 0.15) is 0 Å². The maximum atomic E-state index is 11.9. The fourth-order valence-electron chi connectivity index (χ4n) is 2.54. The van der Waals surface area contributed by atoms with E-state index in [0.717, 1.165) is 29.1 Å². The average molecular weight is 262 g/mol. The molecule has 2 aliphatic rings. The number of nitrogens with one attached hydrogen (secondary N) is 1. The number of thiol groups is 1. The molecule has 1 aromatic rings. The van der Waals surface area contributed by atoms with Crippen molar-refractivity contribution in [2.45, 2.75) is 13.0 Å². The summed E-state index contributed by atoms with van der Waals surface area (Å²) in [5, 5.41) is 2.78. The Morgan fingerprint density at radius 1 is 1.39 bits per heavy atom. The molecule has 5 heteroatoms. The molecule has 0 radical (unpaired) electrons. The molecule has 2 heterocycles. The molecule has 0 aliphatic carbocycles. The topological polar surface area (TPSA) is 49.4 Å². The molecule has 0 bridgehead atoms. The molecule has 1 atom stereocenters. The molecule has 18 heavy (non-hydrogen) atoms. The predicted molar refractivity (Wildman–Crippen MR) is 71.9 cm³/mol. The van der Waals surface area contributed by atoms with Crippen LogP contribution in [-0.4, -0.2) is 24.1 Å². The van der Waals surface area contributed by atoms with Crippen molar-refractivity contribution in [3.63, 3.8) is 0 Å². The molecule has 2 aliphatic heterocycles. The van der Waals surface area contributed by atoms with Crippen LogP contribution < -0.4 is 10.2 Å². The molecule has 94 valence electrons. The second-order valence-electron chi connectivity index (χ2n) is 4.78. The average Bonchev–Trinajstić information content (AvgIpc) is 2.93. The first-order chi connectivity index (χ1) is 8.69. The highest BCUT2D eigenvalue weighted by atomic mass is 32.1.